The number of ether oxygens (including phenoxy) is 1. The van der Waals surface area contributed by atoms with Crippen molar-refractivity contribution in [3.8, 4) is 5.75 Å². The van der Waals surface area contributed by atoms with Crippen molar-refractivity contribution in [1.29, 1.82) is 0 Å². The summed E-state index contributed by atoms with van der Waals surface area (Å²) in [7, 11) is 0. The number of carbonyl (C=O) groups is 1. The minimum absolute atomic E-state index is 0.341. The topological polar surface area (TPSA) is 78.8 Å². The van der Waals surface area contributed by atoms with Crippen LogP contribution in [-0.4, -0.2) is 41.0 Å². The second-order valence-electron chi connectivity index (χ2n) is 4.94. The fraction of sp³-hybridized carbons (Fsp3) is 0.500. The van der Waals surface area contributed by atoms with Gasteiger partial charge in [-0.15, -0.1) is 0 Å². The number of hydrogen-bond donors (Lipinski definition) is 3. The number of aliphatic hydroxyl groups is 2. The van der Waals surface area contributed by atoms with E-state index in [1.165, 1.54) is 0 Å². The smallest absolute Gasteiger partial charge is 0.261 e. The molecule has 0 aliphatic rings. The summed E-state index contributed by atoms with van der Waals surface area (Å²) in [5, 5.41) is 20.8. The fourth-order valence-corrected chi connectivity index (χ4v) is 1.47. The standard InChI is InChI=1S/C14H21NO4/c1-10-5-4-6-12(7-10)19-11(2)13(18)15-14(3,8-16)9-17/h4-7,11,16-17H,8-9H2,1-3H3,(H,15,18). The van der Waals surface area contributed by atoms with Crippen LogP contribution in [0.5, 0.6) is 5.75 Å². The zero-order chi connectivity index (χ0) is 14.5. The van der Waals surface area contributed by atoms with Crippen molar-refractivity contribution in [2.24, 2.45) is 0 Å². The highest BCUT2D eigenvalue weighted by molar-refractivity contribution is 5.81. The summed E-state index contributed by atoms with van der Waals surface area (Å²) in [6.45, 7) is 4.43. The van der Waals surface area contributed by atoms with E-state index < -0.39 is 11.6 Å². The van der Waals surface area contributed by atoms with Gasteiger partial charge in [0.1, 0.15) is 5.75 Å². The first-order valence-electron chi connectivity index (χ1n) is 6.17. The van der Waals surface area contributed by atoms with E-state index in [2.05, 4.69) is 5.32 Å². The lowest BCUT2D eigenvalue weighted by Gasteiger charge is -2.28. The number of amides is 1. The molecule has 106 valence electrons. The molecule has 0 saturated carbocycles. The molecule has 0 aromatic heterocycles. The first-order valence-corrected chi connectivity index (χ1v) is 6.17. The van der Waals surface area contributed by atoms with Crippen molar-refractivity contribution in [1.82, 2.24) is 5.32 Å². The molecule has 1 unspecified atom stereocenters. The van der Waals surface area contributed by atoms with Crippen LogP contribution < -0.4 is 10.1 Å². The summed E-state index contributed by atoms with van der Waals surface area (Å²) in [4.78, 5) is 11.9. The predicted octanol–water partition coefficient (Wildman–Crippen LogP) is 0.622. The summed E-state index contributed by atoms with van der Waals surface area (Å²) < 4.78 is 5.52. The Bertz CT molecular complexity index is 429. The maximum absolute atomic E-state index is 11.9. The Morgan fingerprint density at radius 1 is 1.42 bits per heavy atom. The van der Waals surface area contributed by atoms with Gasteiger partial charge >= 0.3 is 0 Å². The van der Waals surface area contributed by atoms with E-state index in [1.54, 1.807) is 19.9 Å². The van der Waals surface area contributed by atoms with E-state index >= 15 is 0 Å². The highest BCUT2D eigenvalue weighted by Gasteiger charge is 2.27. The molecule has 1 atom stereocenters. The minimum atomic E-state index is -1.04. The molecule has 0 spiro atoms. The van der Waals surface area contributed by atoms with E-state index in [-0.39, 0.29) is 19.1 Å². The number of rotatable bonds is 6. The van der Waals surface area contributed by atoms with Crippen LogP contribution in [0.2, 0.25) is 0 Å². The molecule has 1 rings (SSSR count). The molecule has 0 heterocycles. The van der Waals surface area contributed by atoms with Crippen molar-refractivity contribution in [3.05, 3.63) is 29.8 Å². The third kappa shape index (κ3) is 4.54. The SMILES string of the molecule is Cc1cccc(OC(C)C(=O)NC(C)(CO)CO)c1. The molecule has 1 aromatic carbocycles. The quantitative estimate of drug-likeness (QED) is 0.706. The monoisotopic (exact) mass is 267 g/mol. The average molecular weight is 267 g/mol. The van der Waals surface area contributed by atoms with Crippen molar-refractivity contribution >= 4 is 5.91 Å². The Balaban J connectivity index is 2.63. The van der Waals surface area contributed by atoms with Gasteiger partial charge in [-0.25, -0.2) is 0 Å². The van der Waals surface area contributed by atoms with Crippen LogP contribution in [0, 0.1) is 6.92 Å². The maximum Gasteiger partial charge on any atom is 0.261 e. The van der Waals surface area contributed by atoms with Gasteiger partial charge in [-0.1, -0.05) is 12.1 Å². The Morgan fingerprint density at radius 2 is 2.05 bits per heavy atom. The van der Waals surface area contributed by atoms with Crippen LogP contribution in [0.3, 0.4) is 0 Å². The molecule has 1 amide bonds. The van der Waals surface area contributed by atoms with Gasteiger partial charge in [0.25, 0.3) is 5.91 Å². The number of aliphatic hydroxyl groups excluding tert-OH is 2. The number of carbonyl (C=O) groups excluding carboxylic acids is 1. The van der Waals surface area contributed by atoms with Crippen LogP contribution in [-0.2, 0) is 4.79 Å². The molecule has 0 fully saturated rings. The maximum atomic E-state index is 11.9. The lowest BCUT2D eigenvalue weighted by atomic mass is 10.1. The molecular formula is C14H21NO4. The second-order valence-corrected chi connectivity index (χ2v) is 4.94. The van der Waals surface area contributed by atoms with Gasteiger partial charge in [-0.2, -0.15) is 0 Å². The van der Waals surface area contributed by atoms with Crippen LogP contribution in [0.1, 0.15) is 19.4 Å². The summed E-state index contributed by atoms with van der Waals surface area (Å²) >= 11 is 0. The molecule has 0 saturated heterocycles. The highest BCUT2D eigenvalue weighted by Crippen LogP contribution is 2.14. The summed E-state index contributed by atoms with van der Waals surface area (Å²) in [6.07, 6.45) is -0.709. The average Bonchev–Trinajstić information content (AvgIpc) is 2.38. The minimum Gasteiger partial charge on any atom is -0.481 e. The number of nitrogens with one attached hydrogen (secondary N) is 1. The van der Waals surface area contributed by atoms with Crippen LogP contribution in [0.15, 0.2) is 24.3 Å². The highest BCUT2D eigenvalue weighted by atomic mass is 16.5. The van der Waals surface area contributed by atoms with Gasteiger partial charge in [-0.3, -0.25) is 4.79 Å². The second kappa shape index (κ2) is 6.54. The van der Waals surface area contributed by atoms with E-state index in [0.717, 1.165) is 5.56 Å². The van der Waals surface area contributed by atoms with Gasteiger partial charge in [-0.05, 0) is 38.5 Å². The lowest BCUT2D eigenvalue weighted by Crippen LogP contribution is -2.54. The summed E-state index contributed by atoms with van der Waals surface area (Å²) in [5.74, 6) is 0.226. The predicted molar refractivity (Wildman–Crippen MR) is 72.0 cm³/mol. The van der Waals surface area contributed by atoms with Crippen LogP contribution >= 0.6 is 0 Å². The zero-order valence-corrected chi connectivity index (χ0v) is 11.5. The van der Waals surface area contributed by atoms with Crippen molar-refractivity contribution < 1.29 is 19.7 Å². The number of benzene rings is 1. The molecule has 0 aliphatic heterocycles. The van der Waals surface area contributed by atoms with Crippen LogP contribution in [0.4, 0.5) is 0 Å². The molecule has 19 heavy (non-hydrogen) atoms. The van der Waals surface area contributed by atoms with Crippen molar-refractivity contribution in [2.75, 3.05) is 13.2 Å². The zero-order valence-electron chi connectivity index (χ0n) is 11.5. The molecule has 0 aliphatic carbocycles. The molecule has 0 bridgehead atoms. The van der Waals surface area contributed by atoms with E-state index in [4.69, 9.17) is 14.9 Å². The largest absolute Gasteiger partial charge is 0.481 e. The first-order chi connectivity index (χ1) is 8.90. The van der Waals surface area contributed by atoms with Gasteiger partial charge in [0, 0.05) is 0 Å². The molecular weight excluding hydrogens is 246 g/mol. The van der Waals surface area contributed by atoms with Crippen molar-refractivity contribution in [3.63, 3.8) is 0 Å². The molecule has 3 N–H and O–H groups in total. The normalized spacial score (nSPS) is 12.9. The van der Waals surface area contributed by atoms with E-state index in [0.29, 0.717) is 5.75 Å². The number of hydrogen-bond acceptors (Lipinski definition) is 4. The third-order valence-electron chi connectivity index (χ3n) is 2.79. The van der Waals surface area contributed by atoms with Gasteiger partial charge in [0.2, 0.25) is 0 Å². The summed E-state index contributed by atoms with van der Waals surface area (Å²) in [5.41, 5.74) is 0.00191. The molecule has 5 heteroatoms. The Hall–Kier alpha value is -1.59. The number of aryl methyl sites for hydroxylation is 1. The fourth-order valence-electron chi connectivity index (χ4n) is 1.47. The molecule has 5 nitrogen and oxygen atoms in total. The van der Waals surface area contributed by atoms with E-state index in [1.807, 2.05) is 25.1 Å². The van der Waals surface area contributed by atoms with Crippen LogP contribution in [0.25, 0.3) is 0 Å². The summed E-state index contributed by atoms with van der Waals surface area (Å²) in [6, 6.07) is 7.39. The molecule has 0 radical (unpaired) electrons. The van der Waals surface area contributed by atoms with Gasteiger partial charge in [0.05, 0.1) is 18.8 Å². The first kappa shape index (κ1) is 15.5. The van der Waals surface area contributed by atoms with Gasteiger partial charge < -0.3 is 20.3 Å². The Labute approximate surface area is 113 Å². The van der Waals surface area contributed by atoms with Crippen molar-refractivity contribution in [2.45, 2.75) is 32.4 Å². The lowest BCUT2D eigenvalue weighted by molar-refractivity contribution is -0.130. The van der Waals surface area contributed by atoms with E-state index in [9.17, 15) is 4.79 Å². The Kier molecular flexibility index (Phi) is 5.32. The third-order valence-corrected chi connectivity index (χ3v) is 2.79. The Morgan fingerprint density at radius 3 is 2.58 bits per heavy atom. The van der Waals surface area contributed by atoms with Gasteiger partial charge in [0.15, 0.2) is 6.10 Å². The molecule has 1 aromatic rings.